The van der Waals surface area contributed by atoms with Gasteiger partial charge in [0.2, 0.25) is 5.13 Å². The molecule has 7 heteroatoms. The SMILES string of the molecule is O=C(O)Cc1csc(/N=C2\SCC3Cc4ccccc4CN23)n1. The van der Waals surface area contributed by atoms with Gasteiger partial charge in [-0.25, -0.2) is 4.98 Å². The van der Waals surface area contributed by atoms with Crippen LogP contribution in [0.15, 0.2) is 34.6 Å². The van der Waals surface area contributed by atoms with Gasteiger partial charge in [-0.15, -0.1) is 11.3 Å². The normalized spacial score (nSPS) is 21.3. The molecule has 1 atom stereocenters. The van der Waals surface area contributed by atoms with E-state index in [0.717, 1.165) is 23.9 Å². The van der Waals surface area contributed by atoms with Crippen molar-refractivity contribution in [2.45, 2.75) is 25.4 Å². The fraction of sp³-hybridized carbons (Fsp3) is 0.312. The highest BCUT2D eigenvalue weighted by Crippen LogP contribution is 2.35. The molecule has 5 nitrogen and oxygen atoms in total. The number of nitrogens with zero attached hydrogens (tertiary/aromatic N) is 3. The zero-order valence-electron chi connectivity index (χ0n) is 12.3. The zero-order valence-corrected chi connectivity index (χ0v) is 13.9. The van der Waals surface area contributed by atoms with Crippen LogP contribution in [-0.4, -0.2) is 37.9 Å². The van der Waals surface area contributed by atoms with Crippen LogP contribution in [-0.2, 0) is 24.2 Å². The minimum absolute atomic E-state index is 0.0474. The molecule has 1 N–H and O–H groups in total. The Hall–Kier alpha value is -1.86. The summed E-state index contributed by atoms with van der Waals surface area (Å²) in [5, 5.41) is 12.2. The molecule has 23 heavy (non-hydrogen) atoms. The number of thioether (sulfide) groups is 1. The molecule has 1 unspecified atom stereocenters. The Labute approximate surface area is 142 Å². The van der Waals surface area contributed by atoms with Crippen LogP contribution in [0.25, 0.3) is 0 Å². The molecule has 0 amide bonds. The smallest absolute Gasteiger partial charge is 0.309 e. The molecule has 4 rings (SSSR count). The maximum atomic E-state index is 10.7. The third-order valence-electron chi connectivity index (χ3n) is 4.07. The van der Waals surface area contributed by atoms with Crippen molar-refractivity contribution >= 4 is 39.4 Å². The summed E-state index contributed by atoms with van der Waals surface area (Å²) in [6.45, 7) is 0.889. The number of hydrogen-bond donors (Lipinski definition) is 1. The Bertz CT molecular complexity index is 787. The number of carboxylic acid groups (broad SMARTS) is 1. The van der Waals surface area contributed by atoms with Gasteiger partial charge in [-0.2, -0.15) is 4.99 Å². The Morgan fingerprint density at radius 1 is 1.39 bits per heavy atom. The van der Waals surface area contributed by atoms with E-state index >= 15 is 0 Å². The molecule has 1 saturated heterocycles. The van der Waals surface area contributed by atoms with Gasteiger partial charge < -0.3 is 10.0 Å². The van der Waals surface area contributed by atoms with E-state index in [1.54, 1.807) is 17.1 Å². The molecule has 0 spiro atoms. The predicted octanol–water partition coefficient (Wildman–Crippen LogP) is 2.93. The van der Waals surface area contributed by atoms with Gasteiger partial charge in [0.05, 0.1) is 12.1 Å². The number of thiazole rings is 1. The quantitative estimate of drug-likeness (QED) is 0.926. The lowest BCUT2D eigenvalue weighted by Crippen LogP contribution is -2.38. The Balaban J connectivity index is 1.56. The Kier molecular flexibility index (Phi) is 3.82. The molecular weight excluding hydrogens is 330 g/mol. The van der Waals surface area contributed by atoms with Crippen molar-refractivity contribution in [2.75, 3.05) is 5.75 Å². The van der Waals surface area contributed by atoms with Crippen molar-refractivity contribution in [1.82, 2.24) is 9.88 Å². The number of aliphatic carboxylic acids is 1. The monoisotopic (exact) mass is 345 g/mol. The van der Waals surface area contributed by atoms with Crippen LogP contribution in [0.5, 0.6) is 0 Å². The molecule has 1 fully saturated rings. The lowest BCUT2D eigenvalue weighted by atomic mass is 9.95. The predicted molar refractivity (Wildman–Crippen MR) is 92.5 cm³/mol. The number of carbonyl (C=O) groups is 1. The van der Waals surface area contributed by atoms with E-state index in [-0.39, 0.29) is 6.42 Å². The van der Waals surface area contributed by atoms with Crippen LogP contribution in [0.4, 0.5) is 5.13 Å². The molecule has 0 aliphatic carbocycles. The molecule has 1 aromatic carbocycles. The van der Waals surface area contributed by atoms with Crippen LogP contribution in [0.1, 0.15) is 16.8 Å². The Morgan fingerprint density at radius 3 is 3.04 bits per heavy atom. The summed E-state index contributed by atoms with van der Waals surface area (Å²) in [5.41, 5.74) is 3.38. The van der Waals surface area contributed by atoms with Gasteiger partial charge in [-0.05, 0) is 17.5 Å². The summed E-state index contributed by atoms with van der Waals surface area (Å²) in [7, 11) is 0. The van der Waals surface area contributed by atoms with Crippen molar-refractivity contribution in [3.8, 4) is 0 Å². The highest BCUT2D eigenvalue weighted by Gasteiger charge is 2.34. The van der Waals surface area contributed by atoms with Gasteiger partial charge in [0.25, 0.3) is 0 Å². The van der Waals surface area contributed by atoms with Gasteiger partial charge >= 0.3 is 5.97 Å². The number of hydrogen-bond acceptors (Lipinski definition) is 5. The first-order chi connectivity index (χ1) is 11.2. The second-order valence-corrected chi connectivity index (χ2v) is 7.48. The van der Waals surface area contributed by atoms with E-state index in [4.69, 9.17) is 5.11 Å². The summed E-state index contributed by atoms with van der Waals surface area (Å²) in [6.07, 6.45) is 1.01. The molecule has 0 saturated carbocycles. The largest absolute Gasteiger partial charge is 0.481 e. The molecule has 2 aliphatic rings. The van der Waals surface area contributed by atoms with Crippen LogP contribution in [0, 0.1) is 0 Å². The Morgan fingerprint density at radius 2 is 2.22 bits per heavy atom. The average Bonchev–Trinajstić information content (AvgIpc) is 3.12. The highest BCUT2D eigenvalue weighted by atomic mass is 32.2. The summed E-state index contributed by atoms with van der Waals surface area (Å²) in [4.78, 5) is 22.1. The van der Waals surface area contributed by atoms with E-state index in [9.17, 15) is 4.79 Å². The van der Waals surface area contributed by atoms with Gasteiger partial charge in [-0.1, -0.05) is 36.0 Å². The van der Waals surface area contributed by atoms with Crippen molar-refractivity contribution in [3.05, 3.63) is 46.5 Å². The first-order valence-corrected chi connectivity index (χ1v) is 9.26. The first kappa shape index (κ1) is 14.7. The number of rotatable bonds is 3. The summed E-state index contributed by atoms with van der Waals surface area (Å²) in [6, 6.07) is 9.07. The second-order valence-electron chi connectivity index (χ2n) is 5.65. The second kappa shape index (κ2) is 5.98. The van der Waals surface area contributed by atoms with Gasteiger partial charge in [0.15, 0.2) is 5.17 Å². The molecule has 118 valence electrons. The lowest BCUT2D eigenvalue weighted by Gasteiger charge is -2.32. The minimum atomic E-state index is -0.863. The van der Waals surface area contributed by atoms with Gasteiger partial charge in [0.1, 0.15) is 0 Å². The van der Waals surface area contributed by atoms with Crippen LogP contribution >= 0.6 is 23.1 Å². The summed E-state index contributed by atoms with van der Waals surface area (Å²) in [5.74, 6) is 0.179. The molecule has 0 radical (unpaired) electrons. The average molecular weight is 345 g/mol. The number of aliphatic imine (C=N–C) groups is 1. The topological polar surface area (TPSA) is 65.8 Å². The first-order valence-electron chi connectivity index (χ1n) is 7.40. The number of aromatic nitrogens is 1. The van der Waals surface area contributed by atoms with Crippen molar-refractivity contribution in [3.63, 3.8) is 0 Å². The van der Waals surface area contributed by atoms with Crippen molar-refractivity contribution in [1.29, 1.82) is 0 Å². The van der Waals surface area contributed by atoms with Crippen LogP contribution in [0.2, 0.25) is 0 Å². The van der Waals surface area contributed by atoms with E-state index in [1.165, 1.54) is 22.5 Å². The lowest BCUT2D eigenvalue weighted by molar-refractivity contribution is -0.136. The van der Waals surface area contributed by atoms with Gasteiger partial charge in [-0.3, -0.25) is 4.79 Å². The van der Waals surface area contributed by atoms with E-state index in [1.807, 2.05) is 0 Å². The molecule has 3 heterocycles. The van der Waals surface area contributed by atoms with E-state index in [0.29, 0.717) is 16.9 Å². The van der Waals surface area contributed by atoms with E-state index in [2.05, 4.69) is 39.1 Å². The van der Waals surface area contributed by atoms with Crippen molar-refractivity contribution < 1.29 is 9.90 Å². The number of fused-ring (bicyclic) bond motifs is 2. The zero-order chi connectivity index (χ0) is 15.8. The summed E-state index contributed by atoms with van der Waals surface area (Å²) >= 11 is 3.16. The molecule has 1 aromatic heterocycles. The van der Waals surface area contributed by atoms with Gasteiger partial charge in [0, 0.05) is 23.7 Å². The fourth-order valence-electron chi connectivity index (χ4n) is 2.98. The maximum Gasteiger partial charge on any atom is 0.309 e. The molecule has 2 aliphatic heterocycles. The summed E-state index contributed by atoms with van der Waals surface area (Å²) < 4.78 is 0. The number of benzene rings is 1. The fourth-order valence-corrected chi connectivity index (χ4v) is 4.89. The minimum Gasteiger partial charge on any atom is -0.481 e. The van der Waals surface area contributed by atoms with Crippen LogP contribution < -0.4 is 0 Å². The third kappa shape index (κ3) is 2.98. The number of amidine groups is 1. The maximum absolute atomic E-state index is 10.7. The van der Waals surface area contributed by atoms with Crippen LogP contribution in [0.3, 0.4) is 0 Å². The molecular formula is C16H15N3O2S2. The molecule has 2 aromatic rings. The van der Waals surface area contributed by atoms with E-state index < -0.39 is 5.97 Å². The highest BCUT2D eigenvalue weighted by molar-refractivity contribution is 8.14. The third-order valence-corrected chi connectivity index (χ3v) is 5.99. The number of carboxylic acids is 1. The van der Waals surface area contributed by atoms with Crippen molar-refractivity contribution in [2.24, 2.45) is 4.99 Å². The molecule has 0 bridgehead atoms. The standard InChI is InChI=1S/C16H15N3O2S2/c20-14(21)6-12-8-22-15(17-12)18-16-19-7-11-4-2-1-3-10(11)5-13(19)9-23-16/h1-4,8,13H,5-7,9H2,(H,20,21)/b18-16-.